The lowest BCUT2D eigenvalue weighted by Gasteiger charge is -2.19. The Labute approximate surface area is 107 Å². The maximum atomic E-state index is 11.8. The smallest absolute Gasteiger partial charge is 0.236 e. The van der Waals surface area contributed by atoms with Crippen molar-refractivity contribution in [3.63, 3.8) is 0 Å². The van der Waals surface area contributed by atoms with Crippen molar-refractivity contribution >= 4 is 17.7 Å². The molecule has 92 valence electrons. The van der Waals surface area contributed by atoms with Gasteiger partial charge in [-0.25, -0.2) is 0 Å². The van der Waals surface area contributed by atoms with Gasteiger partial charge in [0, 0.05) is 7.05 Å². The van der Waals surface area contributed by atoms with Crippen molar-refractivity contribution < 1.29 is 4.79 Å². The number of thioether (sulfide) groups is 1. The Morgan fingerprint density at radius 3 is 2.24 bits per heavy atom. The SMILES string of the molecule is CC1SC(c2ccc(C(C)C)cc2)N(C)C1=O. The second-order valence-corrected chi connectivity index (χ2v) is 6.33. The molecule has 0 aliphatic carbocycles. The molecule has 2 unspecified atom stereocenters. The van der Waals surface area contributed by atoms with Gasteiger partial charge in [-0.05, 0) is 24.0 Å². The number of benzene rings is 1. The molecule has 1 aliphatic rings. The summed E-state index contributed by atoms with van der Waals surface area (Å²) in [7, 11) is 1.89. The van der Waals surface area contributed by atoms with E-state index in [9.17, 15) is 4.79 Å². The van der Waals surface area contributed by atoms with E-state index in [1.807, 2.05) is 18.9 Å². The van der Waals surface area contributed by atoms with E-state index < -0.39 is 0 Å². The molecule has 1 saturated heterocycles. The topological polar surface area (TPSA) is 20.3 Å². The molecule has 0 bridgehead atoms. The van der Waals surface area contributed by atoms with Crippen molar-refractivity contribution in [3.05, 3.63) is 35.4 Å². The van der Waals surface area contributed by atoms with Crippen molar-refractivity contribution in [1.82, 2.24) is 4.90 Å². The van der Waals surface area contributed by atoms with Crippen LogP contribution in [0.3, 0.4) is 0 Å². The van der Waals surface area contributed by atoms with Gasteiger partial charge < -0.3 is 4.90 Å². The maximum Gasteiger partial charge on any atom is 0.236 e. The van der Waals surface area contributed by atoms with Crippen LogP contribution in [0.4, 0.5) is 0 Å². The molecule has 1 aliphatic heterocycles. The molecule has 2 rings (SSSR count). The van der Waals surface area contributed by atoms with Crippen molar-refractivity contribution in [3.8, 4) is 0 Å². The summed E-state index contributed by atoms with van der Waals surface area (Å²) in [5.41, 5.74) is 2.57. The highest BCUT2D eigenvalue weighted by Crippen LogP contribution is 2.41. The third kappa shape index (κ3) is 2.34. The molecule has 2 nitrogen and oxygen atoms in total. The first-order valence-corrected chi connectivity index (χ1v) is 6.97. The number of carbonyl (C=O) groups is 1. The summed E-state index contributed by atoms with van der Waals surface area (Å²) in [5, 5.41) is 0.258. The lowest BCUT2D eigenvalue weighted by molar-refractivity contribution is -0.128. The van der Waals surface area contributed by atoms with Gasteiger partial charge in [-0.3, -0.25) is 4.79 Å². The predicted molar refractivity (Wildman–Crippen MR) is 73.1 cm³/mol. The molecule has 1 aromatic rings. The Balaban J connectivity index is 2.21. The molecule has 1 fully saturated rings. The molecule has 1 amide bonds. The minimum Gasteiger partial charge on any atom is -0.329 e. The van der Waals surface area contributed by atoms with Gasteiger partial charge in [0.2, 0.25) is 5.91 Å². The summed E-state index contributed by atoms with van der Waals surface area (Å²) in [4.78, 5) is 13.6. The molecule has 2 atom stereocenters. The van der Waals surface area contributed by atoms with E-state index in [2.05, 4.69) is 38.1 Å². The molecule has 0 saturated carbocycles. The van der Waals surface area contributed by atoms with Gasteiger partial charge in [-0.15, -0.1) is 11.8 Å². The quantitative estimate of drug-likeness (QED) is 0.800. The number of carbonyl (C=O) groups excluding carboxylic acids is 1. The fourth-order valence-electron chi connectivity index (χ4n) is 2.09. The van der Waals surface area contributed by atoms with Gasteiger partial charge in [0.1, 0.15) is 5.37 Å². The highest BCUT2D eigenvalue weighted by atomic mass is 32.2. The molecule has 0 aromatic heterocycles. The maximum absolute atomic E-state index is 11.8. The van der Waals surface area contributed by atoms with Crippen LogP contribution in [0.25, 0.3) is 0 Å². The van der Waals surface area contributed by atoms with E-state index in [1.54, 1.807) is 11.8 Å². The molecule has 0 N–H and O–H groups in total. The molecular weight excluding hydrogens is 230 g/mol. The predicted octanol–water partition coefficient (Wildman–Crippen LogP) is 3.40. The number of amides is 1. The zero-order valence-electron chi connectivity index (χ0n) is 10.8. The highest BCUT2D eigenvalue weighted by Gasteiger charge is 2.35. The minimum atomic E-state index is 0.0785. The van der Waals surface area contributed by atoms with Crippen molar-refractivity contribution in [1.29, 1.82) is 0 Å². The van der Waals surface area contributed by atoms with Gasteiger partial charge >= 0.3 is 0 Å². The standard InChI is InChI=1S/C14H19NOS/c1-9(2)11-5-7-12(8-6-11)14-15(4)13(16)10(3)17-14/h5-10,14H,1-4H3. The summed E-state index contributed by atoms with van der Waals surface area (Å²) in [6.07, 6.45) is 0. The Bertz CT molecular complexity index is 413. The zero-order chi connectivity index (χ0) is 12.6. The van der Waals surface area contributed by atoms with Gasteiger partial charge in [-0.1, -0.05) is 38.1 Å². The number of hydrogen-bond donors (Lipinski definition) is 0. The van der Waals surface area contributed by atoms with Crippen LogP contribution < -0.4 is 0 Å². The summed E-state index contributed by atoms with van der Waals surface area (Å²) in [5.74, 6) is 0.784. The van der Waals surface area contributed by atoms with E-state index in [0.717, 1.165) is 0 Å². The monoisotopic (exact) mass is 249 g/mol. The van der Waals surface area contributed by atoms with Gasteiger partial charge in [-0.2, -0.15) is 0 Å². The molecule has 17 heavy (non-hydrogen) atoms. The Morgan fingerprint density at radius 1 is 1.24 bits per heavy atom. The van der Waals surface area contributed by atoms with Gasteiger partial charge in [0.05, 0.1) is 5.25 Å². The third-order valence-electron chi connectivity index (χ3n) is 3.27. The van der Waals surface area contributed by atoms with Crippen LogP contribution in [0.5, 0.6) is 0 Å². The molecule has 0 radical (unpaired) electrons. The van der Waals surface area contributed by atoms with Crippen molar-refractivity contribution in [2.24, 2.45) is 0 Å². The minimum absolute atomic E-state index is 0.0785. The summed E-state index contributed by atoms with van der Waals surface area (Å²) < 4.78 is 0. The highest BCUT2D eigenvalue weighted by molar-refractivity contribution is 8.01. The van der Waals surface area contributed by atoms with Crippen LogP contribution in [-0.2, 0) is 4.79 Å². The van der Waals surface area contributed by atoms with Crippen LogP contribution in [0.1, 0.15) is 43.2 Å². The largest absolute Gasteiger partial charge is 0.329 e. The third-order valence-corrected chi connectivity index (χ3v) is 4.72. The van der Waals surface area contributed by atoms with Crippen molar-refractivity contribution in [2.45, 2.75) is 37.3 Å². The zero-order valence-corrected chi connectivity index (χ0v) is 11.6. The lowest BCUT2D eigenvalue weighted by Crippen LogP contribution is -2.25. The Morgan fingerprint density at radius 2 is 1.82 bits per heavy atom. The van der Waals surface area contributed by atoms with E-state index in [1.165, 1.54) is 11.1 Å². The van der Waals surface area contributed by atoms with E-state index >= 15 is 0 Å². The summed E-state index contributed by atoms with van der Waals surface area (Å²) in [6.45, 7) is 6.36. The summed E-state index contributed by atoms with van der Waals surface area (Å²) in [6, 6.07) is 8.63. The fourth-order valence-corrected chi connectivity index (χ4v) is 3.36. The Kier molecular flexibility index (Phi) is 3.48. The van der Waals surface area contributed by atoms with Crippen LogP contribution in [0.2, 0.25) is 0 Å². The first-order valence-electron chi connectivity index (χ1n) is 6.02. The first-order chi connectivity index (χ1) is 8.00. The van der Waals surface area contributed by atoms with E-state index in [0.29, 0.717) is 5.92 Å². The average Bonchev–Trinajstić information content (AvgIpc) is 2.57. The van der Waals surface area contributed by atoms with Crippen LogP contribution in [0.15, 0.2) is 24.3 Å². The molecular formula is C14H19NOS. The number of rotatable bonds is 2. The van der Waals surface area contributed by atoms with Crippen LogP contribution >= 0.6 is 11.8 Å². The molecule has 3 heteroatoms. The summed E-state index contributed by atoms with van der Waals surface area (Å²) >= 11 is 1.73. The van der Waals surface area contributed by atoms with E-state index in [-0.39, 0.29) is 16.5 Å². The number of hydrogen-bond acceptors (Lipinski definition) is 2. The number of nitrogens with zero attached hydrogens (tertiary/aromatic N) is 1. The fraction of sp³-hybridized carbons (Fsp3) is 0.500. The first kappa shape index (κ1) is 12.5. The lowest BCUT2D eigenvalue weighted by atomic mass is 10.0. The molecule has 1 aromatic carbocycles. The van der Waals surface area contributed by atoms with Gasteiger partial charge in [0.25, 0.3) is 0 Å². The van der Waals surface area contributed by atoms with E-state index in [4.69, 9.17) is 0 Å². The molecule has 1 heterocycles. The second-order valence-electron chi connectivity index (χ2n) is 4.90. The Hall–Kier alpha value is -0.960. The van der Waals surface area contributed by atoms with Crippen LogP contribution in [0, 0.1) is 0 Å². The molecule has 0 spiro atoms. The second kappa shape index (κ2) is 4.73. The normalized spacial score (nSPS) is 24.8. The van der Waals surface area contributed by atoms with Crippen molar-refractivity contribution in [2.75, 3.05) is 7.05 Å². The van der Waals surface area contributed by atoms with Gasteiger partial charge in [0.15, 0.2) is 0 Å². The average molecular weight is 249 g/mol. The van der Waals surface area contributed by atoms with Crippen LogP contribution in [-0.4, -0.2) is 23.1 Å².